The van der Waals surface area contributed by atoms with E-state index < -0.39 is 0 Å². The van der Waals surface area contributed by atoms with E-state index in [-0.39, 0.29) is 11.7 Å². The van der Waals surface area contributed by atoms with Gasteiger partial charge in [-0.1, -0.05) is 48.5 Å². The number of carbonyl (C=O) groups is 1. The minimum absolute atomic E-state index is 0.0933. The monoisotopic (exact) mass is 418 g/mol. The van der Waals surface area contributed by atoms with Crippen molar-refractivity contribution >= 4 is 44.0 Å². The standard InChI is InChI=1S/C15H20Br2N2O2/c1-2-3-4-5-6-7-14(20)19-18-10-11-8-12(16)9-13(17)15(11)21/h8-10,21H,2-7H2,1H3,(H,19,20). The van der Waals surface area contributed by atoms with Crippen molar-refractivity contribution in [3.63, 3.8) is 0 Å². The lowest BCUT2D eigenvalue weighted by Gasteiger charge is -2.03. The van der Waals surface area contributed by atoms with Gasteiger partial charge in [0.2, 0.25) is 5.91 Å². The summed E-state index contributed by atoms with van der Waals surface area (Å²) in [6.07, 6.45) is 7.46. The van der Waals surface area contributed by atoms with Gasteiger partial charge in [-0.2, -0.15) is 5.10 Å². The number of phenolic OH excluding ortho intramolecular Hbond substituents is 1. The van der Waals surface area contributed by atoms with Crippen LogP contribution in [0.3, 0.4) is 0 Å². The number of hydrazone groups is 1. The summed E-state index contributed by atoms with van der Waals surface area (Å²) in [5, 5.41) is 13.7. The van der Waals surface area contributed by atoms with E-state index in [0.717, 1.165) is 17.3 Å². The van der Waals surface area contributed by atoms with E-state index in [1.165, 1.54) is 25.5 Å². The van der Waals surface area contributed by atoms with Gasteiger partial charge in [0, 0.05) is 16.5 Å². The summed E-state index contributed by atoms with van der Waals surface area (Å²) in [5.41, 5.74) is 3.00. The number of aromatic hydroxyl groups is 1. The van der Waals surface area contributed by atoms with E-state index in [9.17, 15) is 9.90 Å². The molecule has 1 rings (SSSR count). The highest BCUT2D eigenvalue weighted by Gasteiger charge is 2.05. The highest BCUT2D eigenvalue weighted by molar-refractivity contribution is 9.11. The lowest BCUT2D eigenvalue weighted by Crippen LogP contribution is -2.16. The maximum atomic E-state index is 11.6. The third kappa shape index (κ3) is 7.09. The summed E-state index contributed by atoms with van der Waals surface area (Å²) in [6, 6.07) is 3.46. The molecular weight excluding hydrogens is 400 g/mol. The van der Waals surface area contributed by atoms with Gasteiger partial charge in [0.05, 0.1) is 10.7 Å². The molecule has 6 heteroatoms. The second-order valence-corrected chi connectivity index (χ2v) is 6.55. The van der Waals surface area contributed by atoms with E-state index in [4.69, 9.17) is 0 Å². The normalized spacial score (nSPS) is 11.0. The predicted octanol–water partition coefficient (Wildman–Crippen LogP) is 4.73. The van der Waals surface area contributed by atoms with E-state index >= 15 is 0 Å². The third-order valence-corrected chi connectivity index (χ3v) is 4.02. The Morgan fingerprint density at radius 3 is 2.71 bits per heavy atom. The molecule has 2 N–H and O–H groups in total. The summed E-state index contributed by atoms with van der Waals surface area (Å²) in [5.74, 6) is -0.00735. The molecule has 0 heterocycles. The maximum absolute atomic E-state index is 11.6. The summed E-state index contributed by atoms with van der Waals surface area (Å²) in [6.45, 7) is 2.16. The zero-order chi connectivity index (χ0) is 15.7. The zero-order valence-electron chi connectivity index (χ0n) is 12.0. The van der Waals surface area contributed by atoms with Crippen molar-refractivity contribution in [1.29, 1.82) is 0 Å². The fourth-order valence-electron chi connectivity index (χ4n) is 1.80. The van der Waals surface area contributed by atoms with Gasteiger partial charge in [-0.3, -0.25) is 4.79 Å². The van der Waals surface area contributed by atoms with Crippen LogP contribution in [0, 0.1) is 0 Å². The lowest BCUT2D eigenvalue weighted by molar-refractivity contribution is -0.121. The molecule has 0 saturated heterocycles. The molecule has 0 radical (unpaired) electrons. The summed E-state index contributed by atoms with van der Waals surface area (Å²) < 4.78 is 1.39. The lowest BCUT2D eigenvalue weighted by atomic mass is 10.1. The Bertz CT molecular complexity index is 505. The fourth-order valence-corrected chi connectivity index (χ4v) is 3.06. The first-order valence-corrected chi connectivity index (χ1v) is 8.63. The Hall–Kier alpha value is -0.880. The molecule has 0 aliphatic heterocycles. The van der Waals surface area contributed by atoms with Gasteiger partial charge in [-0.25, -0.2) is 5.43 Å². The van der Waals surface area contributed by atoms with Crippen molar-refractivity contribution in [2.24, 2.45) is 5.10 Å². The average Bonchev–Trinajstić information content (AvgIpc) is 2.43. The van der Waals surface area contributed by atoms with Crippen LogP contribution in [0.5, 0.6) is 5.75 Å². The summed E-state index contributed by atoms with van der Waals surface area (Å²) in [4.78, 5) is 11.6. The van der Waals surface area contributed by atoms with Crippen molar-refractivity contribution in [1.82, 2.24) is 5.43 Å². The molecule has 0 unspecified atom stereocenters. The average molecular weight is 420 g/mol. The van der Waals surface area contributed by atoms with Crippen LogP contribution in [0.1, 0.15) is 51.0 Å². The van der Waals surface area contributed by atoms with Gasteiger partial charge in [0.25, 0.3) is 0 Å². The smallest absolute Gasteiger partial charge is 0.240 e. The molecule has 0 aliphatic rings. The van der Waals surface area contributed by atoms with Gasteiger partial charge in [-0.15, -0.1) is 0 Å². The van der Waals surface area contributed by atoms with Crippen molar-refractivity contribution in [2.45, 2.75) is 45.4 Å². The molecule has 0 aliphatic carbocycles. The molecule has 1 aromatic rings. The second-order valence-electron chi connectivity index (χ2n) is 4.78. The molecule has 0 spiro atoms. The summed E-state index contributed by atoms with van der Waals surface area (Å²) >= 11 is 6.58. The molecule has 4 nitrogen and oxygen atoms in total. The number of halogens is 2. The number of hydrogen-bond acceptors (Lipinski definition) is 3. The molecule has 116 valence electrons. The molecule has 0 bridgehead atoms. The van der Waals surface area contributed by atoms with E-state index in [1.807, 2.05) is 0 Å². The highest BCUT2D eigenvalue weighted by atomic mass is 79.9. The predicted molar refractivity (Wildman–Crippen MR) is 92.6 cm³/mol. The number of hydrogen-bond donors (Lipinski definition) is 2. The first kappa shape index (κ1) is 18.2. The van der Waals surface area contributed by atoms with Crippen LogP contribution >= 0.6 is 31.9 Å². The minimum atomic E-state index is -0.101. The van der Waals surface area contributed by atoms with Crippen LogP contribution in [0.2, 0.25) is 0 Å². The van der Waals surface area contributed by atoms with Crippen molar-refractivity contribution in [3.8, 4) is 5.75 Å². The van der Waals surface area contributed by atoms with Crippen LogP contribution in [0.15, 0.2) is 26.2 Å². The number of benzene rings is 1. The van der Waals surface area contributed by atoms with Gasteiger partial charge >= 0.3 is 0 Å². The number of phenols is 1. The van der Waals surface area contributed by atoms with E-state index in [1.54, 1.807) is 12.1 Å². The topological polar surface area (TPSA) is 61.7 Å². The molecule has 21 heavy (non-hydrogen) atoms. The van der Waals surface area contributed by atoms with Gasteiger partial charge in [0.15, 0.2) is 0 Å². The number of nitrogens with one attached hydrogen (secondary N) is 1. The fraction of sp³-hybridized carbons (Fsp3) is 0.467. The first-order valence-electron chi connectivity index (χ1n) is 7.04. The number of rotatable bonds is 8. The Morgan fingerprint density at radius 2 is 2.00 bits per heavy atom. The Labute approximate surface area is 142 Å². The maximum Gasteiger partial charge on any atom is 0.240 e. The Balaban J connectivity index is 2.39. The number of nitrogens with zero attached hydrogens (tertiary/aromatic N) is 1. The summed E-state index contributed by atoms with van der Waals surface area (Å²) in [7, 11) is 0. The third-order valence-electron chi connectivity index (χ3n) is 2.96. The van der Waals surface area contributed by atoms with Crippen molar-refractivity contribution in [2.75, 3.05) is 0 Å². The van der Waals surface area contributed by atoms with Crippen LogP contribution in [0.4, 0.5) is 0 Å². The van der Waals surface area contributed by atoms with Crippen LogP contribution in [-0.2, 0) is 4.79 Å². The first-order chi connectivity index (χ1) is 10.0. The minimum Gasteiger partial charge on any atom is -0.506 e. The van der Waals surface area contributed by atoms with Gasteiger partial charge < -0.3 is 5.11 Å². The Kier molecular flexibility index (Phi) is 8.61. The van der Waals surface area contributed by atoms with Gasteiger partial charge in [0.1, 0.15) is 5.75 Å². The highest BCUT2D eigenvalue weighted by Crippen LogP contribution is 2.30. The number of unbranched alkanes of at least 4 members (excludes halogenated alkanes) is 4. The van der Waals surface area contributed by atoms with Gasteiger partial charge in [-0.05, 0) is 34.5 Å². The Morgan fingerprint density at radius 1 is 1.29 bits per heavy atom. The second kappa shape index (κ2) is 9.95. The molecular formula is C15H20Br2N2O2. The molecule has 0 saturated carbocycles. The SMILES string of the molecule is CCCCCCCC(=O)NN=Cc1cc(Br)cc(Br)c1O. The van der Waals surface area contributed by atoms with Crippen LogP contribution < -0.4 is 5.43 Å². The van der Waals surface area contributed by atoms with Crippen molar-refractivity contribution < 1.29 is 9.90 Å². The quantitative estimate of drug-likeness (QED) is 0.363. The zero-order valence-corrected chi connectivity index (χ0v) is 15.2. The number of amides is 1. The largest absolute Gasteiger partial charge is 0.506 e. The molecule has 1 amide bonds. The molecule has 0 fully saturated rings. The molecule has 0 aromatic heterocycles. The van der Waals surface area contributed by atoms with Crippen LogP contribution in [-0.4, -0.2) is 17.2 Å². The van der Waals surface area contributed by atoms with Crippen molar-refractivity contribution in [3.05, 3.63) is 26.6 Å². The van der Waals surface area contributed by atoms with Crippen LogP contribution in [0.25, 0.3) is 0 Å². The van der Waals surface area contributed by atoms with E-state index in [0.29, 0.717) is 16.5 Å². The molecule has 0 atom stereocenters. The number of carbonyl (C=O) groups excluding carboxylic acids is 1. The van der Waals surface area contributed by atoms with E-state index in [2.05, 4.69) is 49.3 Å². The molecule has 1 aromatic carbocycles.